The van der Waals surface area contributed by atoms with Gasteiger partial charge in [0.1, 0.15) is 0 Å². The lowest BCUT2D eigenvalue weighted by Crippen LogP contribution is -1.91. The Labute approximate surface area is 257 Å². The minimum Gasteiger partial charge on any atom is -0.504 e. The van der Waals surface area contributed by atoms with E-state index in [1.165, 1.54) is 10.8 Å². The highest BCUT2D eigenvalue weighted by atomic mass is 16.4. The number of nitrogens with zero attached hydrogens (tertiary/aromatic N) is 1. The zero-order chi connectivity index (χ0) is 30.8. The first kappa shape index (κ1) is 26.4. The van der Waals surface area contributed by atoms with Crippen LogP contribution in [0.15, 0.2) is 122 Å². The second-order valence-electron chi connectivity index (χ2n) is 11.2. The zero-order valence-corrected chi connectivity index (χ0v) is 23.7. The Hall–Kier alpha value is -6.27. The Kier molecular flexibility index (Phi) is 5.80. The Balaban J connectivity index is 1.34. The largest absolute Gasteiger partial charge is 0.504 e. The van der Waals surface area contributed by atoms with Crippen molar-refractivity contribution in [3.8, 4) is 73.3 Å². The summed E-state index contributed by atoms with van der Waals surface area (Å²) >= 11 is 0. The van der Waals surface area contributed by atoms with Gasteiger partial charge in [0, 0.05) is 12.4 Å². The minimum absolute atomic E-state index is 0.181. The third kappa shape index (κ3) is 4.00. The summed E-state index contributed by atoms with van der Waals surface area (Å²) in [6, 6.07) is 36.9. The molecule has 0 spiro atoms. The first-order chi connectivity index (χ1) is 21.9. The predicted molar refractivity (Wildman–Crippen MR) is 178 cm³/mol. The van der Waals surface area contributed by atoms with Crippen molar-refractivity contribution in [2.75, 3.05) is 0 Å². The second-order valence-corrected chi connectivity index (χ2v) is 11.2. The number of aromatic hydroxyl groups is 5. The number of rotatable bonds is 4. The van der Waals surface area contributed by atoms with Crippen LogP contribution in [-0.2, 0) is 0 Å². The molecule has 0 unspecified atom stereocenters. The minimum atomic E-state index is -0.986. The average Bonchev–Trinajstić information content (AvgIpc) is 3.09. The molecule has 6 heteroatoms. The molecule has 8 aromatic rings. The molecule has 0 atom stereocenters. The smallest absolute Gasteiger partial charge is 0.208 e. The molecule has 0 saturated carbocycles. The highest BCUT2D eigenvalue weighted by molar-refractivity contribution is 6.28. The van der Waals surface area contributed by atoms with Crippen LogP contribution in [0.2, 0.25) is 0 Å². The molecule has 1 aromatic heterocycles. The molecule has 0 aliphatic carbocycles. The Morgan fingerprint density at radius 3 is 1.36 bits per heavy atom. The number of benzene rings is 7. The predicted octanol–water partition coefficient (Wildman–Crippen LogP) is 9.17. The summed E-state index contributed by atoms with van der Waals surface area (Å²) in [5, 5.41) is 57.9. The van der Waals surface area contributed by atoms with Gasteiger partial charge < -0.3 is 25.5 Å². The maximum absolute atomic E-state index is 10.5. The van der Waals surface area contributed by atoms with Crippen molar-refractivity contribution in [1.82, 2.24) is 4.98 Å². The summed E-state index contributed by atoms with van der Waals surface area (Å²) in [6.07, 6.45) is 3.58. The van der Waals surface area contributed by atoms with Gasteiger partial charge in [-0.25, -0.2) is 0 Å². The number of hydrogen-bond donors (Lipinski definition) is 5. The van der Waals surface area contributed by atoms with Crippen molar-refractivity contribution >= 4 is 32.3 Å². The van der Waals surface area contributed by atoms with Crippen LogP contribution >= 0.6 is 0 Å². The fraction of sp³-hybridized carbons (Fsp3) is 0. The lowest BCUT2D eigenvalue weighted by atomic mass is 9.85. The van der Waals surface area contributed by atoms with Gasteiger partial charge in [0.2, 0.25) is 17.2 Å². The molecule has 216 valence electrons. The third-order valence-corrected chi connectivity index (χ3v) is 8.71. The second kappa shape index (κ2) is 9.89. The van der Waals surface area contributed by atoms with E-state index in [2.05, 4.69) is 77.8 Å². The molecule has 1 heterocycles. The van der Waals surface area contributed by atoms with Crippen LogP contribution < -0.4 is 0 Å². The standard InChI is InChI=1S/C39H25NO5/c41-35-33(36(42)38(44)39(45)37(35)43)27-10-8-24(9-11-27)31-20-30(23-6-4-21(5-7-23)22-16-18-40-19-17-22)28-14-12-25-2-1-3-26-13-15-29(31)34(28)32(25)26/h1-20,41-45H. The van der Waals surface area contributed by atoms with Crippen LogP contribution in [0.1, 0.15) is 0 Å². The van der Waals surface area contributed by atoms with Crippen molar-refractivity contribution in [1.29, 1.82) is 0 Å². The van der Waals surface area contributed by atoms with Crippen LogP contribution in [0.3, 0.4) is 0 Å². The molecule has 7 aromatic carbocycles. The van der Waals surface area contributed by atoms with Gasteiger partial charge in [-0.1, -0.05) is 91.0 Å². The van der Waals surface area contributed by atoms with Crippen molar-refractivity contribution in [3.05, 3.63) is 122 Å². The monoisotopic (exact) mass is 587 g/mol. The molecule has 0 saturated heterocycles. The van der Waals surface area contributed by atoms with Gasteiger partial charge >= 0.3 is 0 Å². The topological polar surface area (TPSA) is 114 Å². The molecular formula is C39H25NO5. The number of phenolic OH excluding ortho intramolecular Hbond substituents is 5. The lowest BCUT2D eigenvalue weighted by molar-refractivity contribution is 0.330. The van der Waals surface area contributed by atoms with Gasteiger partial charge in [-0.2, -0.15) is 0 Å². The maximum Gasteiger partial charge on any atom is 0.208 e. The number of aromatic nitrogens is 1. The molecule has 0 radical (unpaired) electrons. The van der Waals surface area contributed by atoms with E-state index in [1.54, 1.807) is 24.5 Å². The van der Waals surface area contributed by atoms with Crippen LogP contribution in [0.5, 0.6) is 28.7 Å². The first-order valence-corrected chi connectivity index (χ1v) is 14.4. The molecule has 0 aliphatic heterocycles. The molecular weight excluding hydrogens is 562 g/mol. The molecule has 0 fully saturated rings. The fourth-order valence-corrected chi connectivity index (χ4v) is 6.47. The molecule has 0 aliphatic rings. The van der Waals surface area contributed by atoms with Crippen molar-refractivity contribution in [2.45, 2.75) is 0 Å². The first-order valence-electron chi connectivity index (χ1n) is 14.4. The van der Waals surface area contributed by atoms with Gasteiger partial charge in [-0.15, -0.1) is 0 Å². The number of hydrogen-bond acceptors (Lipinski definition) is 6. The van der Waals surface area contributed by atoms with Gasteiger partial charge in [-0.3, -0.25) is 4.98 Å². The SMILES string of the molecule is Oc1c(O)c(O)c(-c2ccc(-c3cc(-c4ccc(-c5ccncc5)cc4)c4ccc5cccc6ccc3c4c56)cc2)c(O)c1O. The fourth-order valence-electron chi connectivity index (χ4n) is 6.47. The maximum atomic E-state index is 10.5. The van der Waals surface area contributed by atoms with Crippen LogP contribution in [0.25, 0.3) is 76.8 Å². The Morgan fingerprint density at radius 1 is 0.378 bits per heavy atom. The van der Waals surface area contributed by atoms with Gasteiger partial charge in [0.25, 0.3) is 0 Å². The summed E-state index contributed by atoms with van der Waals surface area (Å²) in [6.45, 7) is 0. The van der Waals surface area contributed by atoms with Crippen molar-refractivity contribution in [2.24, 2.45) is 0 Å². The molecule has 6 nitrogen and oxygen atoms in total. The quantitative estimate of drug-likeness (QED) is 0.0797. The Bertz CT molecular complexity index is 2360. The number of phenols is 5. The van der Waals surface area contributed by atoms with E-state index >= 15 is 0 Å². The van der Waals surface area contributed by atoms with Gasteiger partial charge in [0.05, 0.1) is 5.56 Å². The van der Waals surface area contributed by atoms with E-state index in [1.807, 2.05) is 24.3 Å². The summed E-state index contributed by atoms with van der Waals surface area (Å²) < 4.78 is 0. The molecule has 0 amide bonds. The number of pyridine rings is 1. The molecule has 45 heavy (non-hydrogen) atoms. The van der Waals surface area contributed by atoms with Gasteiger partial charge in [-0.05, 0) is 89.5 Å². The third-order valence-electron chi connectivity index (χ3n) is 8.71. The van der Waals surface area contributed by atoms with E-state index in [0.717, 1.165) is 54.9 Å². The lowest BCUT2D eigenvalue weighted by Gasteiger charge is -2.18. The summed E-state index contributed by atoms with van der Waals surface area (Å²) in [5.74, 6) is -4.25. The van der Waals surface area contributed by atoms with E-state index in [4.69, 9.17) is 0 Å². The van der Waals surface area contributed by atoms with Crippen LogP contribution in [0, 0.1) is 0 Å². The van der Waals surface area contributed by atoms with Gasteiger partial charge in [0.15, 0.2) is 11.5 Å². The van der Waals surface area contributed by atoms with Crippen LogP contribution in [-0.4, -0.2) is 30.5 Å². The van der Waals surface area contributed by atoms with Crippen molar-refractivity contribution < 1.29 is 25.5 Å². The van der Waals surface area contributed by atoms with Crippen LogP contribution in [0.4, 0.5) is 0 Å². The molecule has 8 rings (SSSR count). The normalized spacial score (nSPS) is 11.6. The summed E-state index contributed by atoms with van der Waals surface area (Å²) in [7, 11) is 0. The summed E-state index contributed by atoms with van der Waals surface area (Å²) in [5.41, 5.74) is 6.44. The van der Waals surface area contributed by atoms with E-state index in [0.29, 0.717) is 5.56 Å². The average molecular weight is 588 g/mol. The summed E-state index contributed by atoms with van der Waals surface area (Å²) in [4.78, 5) is 4.13. The van der Waals surface area contributed by atoms with E-state index < -0.39 is 28.7 Å². The Morgan fingerprint density at radius 2 is 0.822 bits per heavy atom. The van der Waals surface area contributed by atoms with E-state index in [9.17, 15) is 25.5 Å². The molecule has 5 N–H and O–H groups in total. The highest BCUT2D eigenvalue weighted by Gasteiger charge is 2.24. The molecule has 0 bridgehead atoms. The zero-order valence-electron chi connectivity index (χ0n) is 23.7. The van der Waals surface area contributed by atoms with Crippen molar-refractivity contribution in [3.63, 3.8) is 0 Å². The highest BCUT2D eigenvalue weighted by Crippen LogP contribution is 2.55. The van der Waals surface area contributed by atoms with E-state index in [-0.39, 0.29) is 5.56 Å².